The predicted octanol–water partition coefficient (Wildman–Crippen LogP) is 10.6. The van der Waals surface area contributed by atoms with Crippen molar-refractivity contribution in [1.29, 1.82) is 0 Å². The van der Waals surface area contributed by atoms with E-state index in [1.807, 2.05) is 0 Å². The van der Waals surface area contributed by atoms with Gasteiger partial charge in [0.15, 0.2) is 0 Å². The first-order valence-corrected chi connectivity index (χ1v) is 18.3. The molecule has 0 bridgehead atoms. The lowest BCUT2D eigenvalue weighted by molar-refractivity contribution is 0.631. The molecule has 51 heavy (non-hydrogen) atoms. The minimum Gasteiger partial charge on any atom is -0.376 e. The highest BCUT2D eigenvalue weighted by molar-refractivity contribution is 6.93. The van der Waals surface area contributed by atoms with Crippen LogP contribution in [0.1, 0.15) is 49.9 Å². The number of aromatic nitrogens is 1. The van der Waals surface area contributed by atoms with Gasteiger partial charge in [0, 0.05) is 44.2 Å². The van der Waals surface area contributed by atoms with E-state index in [0.717, 1.165) is 0 Å². The zero-order chi connectivity index (χ0) is 34.0. The van der Waals surface area contributed by atoms with Crippen molar-refractivity contribution in [3.05, 3.63) is 162 Å². The van der Waals surface area contributed by atoms with Crippen LogP contribution in [-0.4, -0.2) is 11.4 Å². The molecule has 0 fully saturated rings. The van der Waals surface area contributed by atoms with E-state index in [2.05, 4.69) is 177 Å². The molecule has 0 saturated carbocycles. The zero-order valence-electron chi connectivity index (χ0n) is 29.3. The number of fused-ring (bicyclic) bond motifs is 7. The minimum absolute atomic E-state index is 0.0289. The van der Waals surface area contributed by atoms with E-state index in [-0.39, 0.29) is 17.7 Å². The number of benzene rings is 7. The van der Waals surface area contributed by atoms with E-state index in [1.54, 1.807) is 0 Å². The van der Waals surface area contributed by atoms with E-state index in [0.29, 0.717) is 0 Å². The van der Waals surface area contributed by atoms with Gasteiger partial charge < -0.3 is 9.38 Å². The first-order chi connectivity index (χ1) is 24.9. The molecule has 3 aliphatic heterocycles. The lowest BCUT2D eigenvalue weighted by atomic mass is 9.43. The summed E-state index contributed by atoms with van der Waals surface area (Å²) >= 11 is 0. The highest BCUT2D eigenvalue weighted by Gasteiger charge is 2.48. The maximum absolute atomic E-state index is 2.68. The second-order valence-electron chi connectivity index (χ2n) is 16.1. The molecule has 0 spiro atoms. The lowest BCUT2D eigenvalue weighted by Gasteiger charge is -2.44. The van der Waals surface area contributed by atoms with Crippen LogP contribution in [0.5, 0.6) is 0 Å². The molecule has 8 aromatic rings. The largest absolute Gasteiger partial charge is 0.376 e. The average molecular weight is 651 g/mol. The molecule has 4 heterocycles. The smallest absolute Gasteiger partial charge is 0.333 e. The molecule has 12 rings (SSSR count). The van der Waals surface area contributed by atoms with Crippen molar-refractivity contribution in [2.45, 2.75) is 38.5 Å². The van der Waals surface area contributed by atoms with Crippen molar-refractivity contribution in [1.82, 2.24) is 4.57 Å². The van der Waals surface area contributed by atoms with E-state index in [1.165, 1.54) is 105 Å². The summed E-state index contributed by atoms with van der Waals surface area (Å²) in [6.45, 7) is 9.62. The molecule has 0 unspecified atom stereocenters. The van der Waals surface area contributed by atoms with Crippen LogP contribution >= 0.6 is 0 Å². The maximum Gasteiger partial charge on any atom is 0.333 e. The summed E-state index contributed by atoms with van der Waals surface area (Å²) in [7, 11) is 0. The molecule has 4 aliphatic rings. The van der Waals surface area contributed by atoms with Gasteiger partial charge in [-0.3, -0.25) is 0 Å². The fourth-order valence-corrected chi connectivity index (χ4v) is 10.7. The Labute approximate surface area is 298 Å². The highest BCUT2D eigenvalue weighted by Crippen LogP contribution is 2.54. The molecule has 240 valence electrons. The molecular weight excluding hydrogens is 615 g/mol. The van der Waals surface area contributed by atoms with Gasteiger partial charge >= 0.3 is 6.85 Å². The molecule has 0 amide bonds. The second kappa shape index (κ2) is 9.10. The normalized spacial score (nSPS) is 16.1. The van der Waals surface area contributed by atoms with Crippen molar-refractivity contribution in [2.75, 3.05) is 4.81 Å². The molecule has 0 radical (unpaired) electrons. The molecule has 1 aromatic heterocycles. The van der Waals surface area contributed by atoms with E-state index in [9.17, 15) is 0 Å². The topological polar surface area (TPSA) is 8.17 Å². The van der Waals surface area contributed by atoms with Crippen LogP contribution in [0.3, 0.4) is 0 Å². The quantitative estimate of drug-likeness (QED) is 0.169. The zero-order valence-corrected chi connectivity index (χ0v) is 29.3. The van der Waals surface area contributed by atoms with Gasteiger partial charge in [-0.15, -0.1) is 0 Å². The summed E-state index contributed by atoms with van der Waals surface area (Å²) in [4.78, 5) is 2.62. The Morgan fingerprint density at radius 1 is 0.490 bits per heavy atom. The number of rotatable bonds is 2. The standard InChI is InChI=1S/C48H35BN2/c1-47(2)36-19-10-8-16-30(36)34-26-28(24-25-37(34)47)33-27-35-31-17-9-11-23-41(31)51(29-14-6-5-7-15-29)49-40-22-13-21-39-45(40)50-44-32(42(33)46(50)43(35)49)18-12-20-38(44)48(39,3)4/h5-27H,1-4H3. The van der Waals surface area contributed by atoms with E-state index >= 15 is 0 Å². The van der Waals surface area contributed by atoms with Gasteiger partial charge in [0.05, 0.1) is 11.0 Å². The van der Waals surface area contributed by atoms with Crippen LogP contribution in [0.4, 0.5) is 11.4 Å². The van der Waals surface area contributed by atoms with Crippen LogP contribution < -0.4 is 15.7 Å². The molecular formula is C48H35BN2. The molecule has 0 atom stereocenters. The fourth-order valence-electron chi connectivity index (χ4n) is 10.7. The van der Waals surface area contributed by atoms with Crippen LogP contribution in [0.15, 0.2) is 140 Å². The summed E-state index contributed by atoms with van der Waals surface area (Å²) in [6.07, 6.45) is 0. The SMILES string of the molecule is CC1(C)c2ccccc2-c2cc(-c3cc4c5c6c3c3cccc7c3n6-c3c(cccc3C7(C)C)B5N(c3ccccc3)c3ccccc3-4)ccc21. The van der Waals surface area contributed by atoms with Crippen LogP contribution in [0.2, 0.25) is 0 Å². The highest BCUT2D eigenvalue weighted by atomic mass is 15.1. The Kier molecular flexibility index (Phi) is 4.99. The molecule has 7 aromatic carbocycles. The lowest BCUT2D eigenvalue weighted by Crippen LogP contribution is -2.61. The molecule has 0 N–H and O–H groups in total. The van der Waals surface area contributed by atoms with Crippen molar-refractivity contribution in [3.63, 3.8) is 0 Å². The monoisotopic (exact) mass is 650 g/mol. The van der Waals surface area contributed by atoms with Gasteiger partial charge in [-0.2, -0.15) is 0 Å². The van der Waals surface area contributed by atoms with Gasteiger partial charge in [0.25, 0.3) is 0 Å². The summed E-state index contributed by atoms with van der Waals surface area (Å²) in [5.41, 5.74) is 22.8. The summed E-state index contributed by atoms with van der Waals surface area (Å²) in [5.74, 6) is 0. The van der Waals surface area contributed by atoms with Gasteiger partial charge in [0.1, 0.15) is 0 Å². The van der Waals surface area contributed by atoms with Crippen LogP contribution in [0, 0.1) is 0 Å². The summed E-state index contributed by atoms with van der Waals surface area (Å²) in [6, 6.07) is 53.1. The Hall–Kier alpha value is -5.80. The Balaban J connectivity index is 1.28. The van der Waals surface area contributed by atoms with Crippen molar-refractivity contribution >= 4 is 51.0 Å². The molecule has 3 heteroatoms. The second-order valence-corrected chi connectivity index (χ2v) is 16.1. The Morgan fingerprint density at radius 3 is 2.04 bits per heavy atom. The first kappa shape index (κ1) is 28.0. The van der Waals surface area contributed by atoms with Crippen molar-refractivity contribution in [3.8, 4) is 39.1 Å². The number of nitrogens with zero attached hydrogens (tertiary/aromatic N) is 2. The van der Waals surface area contributed by atoms with Crippen molar-refractivity contribution < 1.29 is 0 Å². The number of hydrogen-bond acceptors (Lipinski definition) is 1. The predicted molar refractivity (Wildman–Crippen MR) is 215 cm³/mol. The van der Waals surface area contributed by atoms with Crippen LogP contribution in [-0.2, 0) is 10.8 Å². The number of anilines is 2. The minimum atomic E-state index is -0.150. The van der Waals surface area contributed by atoms with Gasteiger partial charge in [-0.25, -0.2) is 0 Å². The maximum atomic E-state index is 2.68. The Bertz CT molecular complexity index is 2870. The summed E-state index contributed by atoms with van der Waals surface area (Å²) in [5, 5.41) is 2.72. The van der Waals surface area contributed by atoms with Crippen molar-refractivity contribution in [2.24, 2.45) is 0 Å². The third-order valence-electron chi connectivity index (χ3n) is 12.9. The van der Waals surface area contributed by atoms with Crippen LogP contribution in [0.25, 0.3) is 60.9 Å². The Morgan fingerprint density at radius 2 is 1.18 bits per heavy atom. The number of para-hydroxylation sites is 4. The van der Waals surface area contributed by atoms with E-state index in [4.69, 9.17) is 0 Å². The van der Waals surface area contributed by atoms with Gasteiger partial charge in [-0.1, -0.05) is 137 Å². The van der Waals surface area contributed by atoms with Gasteiger partial charge in [0.2, 0.25) is 0 Å². The van der Waals surface area contributed by atoms with Gasteiger partial charge in [-0.05, 0) is 91.3 Å². The fraction of sp³-hybridized carbons (Fsp3) is 0.125. The molecule has 0 saturated heterocycles. The third-order valence-corrected chi connectivity index (χ3v) is 12.9. The third kappa shape index (κ3) is 3.19. The summed E-state index contributed by atoms with van der Waals surface area (Å²) < 4.78 is 2.68. The molecule has 2 nitrogen and oxygen atoms in total. The number of hydrogen-bond donors (Lipinski definition) is 0. The van der Waals surface area contributed by atoms with E-state index < -0.39 is 0 Å². The first-order valence-electron chi connectivity index (χ1n) is 18.3. The average Bonchev–Trinajstić information content (AvgIpc) is 3.63. The molecule has 1 aliphatic carbocycles.